The summed E-state index contributed by atoms with van der Waals surface area (Å²) < 4.78 is 0. The van der Waals surface area contributed by atoms with Crippen molar-refractivity contribution in [2.24, 2.45) is 10.9 Å². The molecular weight excluding hydrogens is 396 g/mol. The molecule has 3 aromatic rings. The maximum atomic E-state index is 12.8. The summed E-state index contributed by atoms with van der Waals surface area (Å²) in [6.45, 7) is 4.76. The highest BCUT2D eigenvalue weighted by molar-refractivity contribution is 7.19. The van der Waals surface area contributed by atoms with Gasteiger partial charge in [-0.15, -0.1) is 11.3 Å². The zero-order chi connectivity index (χ0) is 20.8. The number of hydrogen-bond donors (Lipinski definition) is 1. The van der Waals surface area contributed by atoms with E-state index in [4.69, 9.17) is 0 Å². The summed E-state index contributed by atoms with van der Waals surface area (Å²) in [5.41, 5.74) is 4.23. The van der Waals surface area contributed by atoms with Gasteiger partial charge in [-0.25, -0.2) is 9.97 Å². The average Bonchev–Trinajstić information content (AvgIpc) is 3.36. The molecule has 0 aromatic carbocycles. The van der Waals surface area contributed by atoms with E-state index in [9.17, 15) is 4.79 Å². The minimum absolute atomic E-state index is 0.0440. The fourth-order valence-electron chi connectivity index (χ4n) is 4.15. The number of nitrogens with one attached hydrogen (secondary N) is 1. The molecular formula is C22H24N6OS. The lowest BCUT2D eigenvalue weighted by Crippen LogP contribution is -2.39. The van der Waals surface area contributed by atoms with Crippen LogP contribution in [0.5, 0.6) is 0 Å². The van der Waals surface area contributed by atoms with Gasteiger partial charge in [-0.3, -0.25) is 14.8 Å². The predicted octanol–water partition coefficient (Wildman–Crippen LogP) is 3.73. The van der Waals surface area contributed by atoms with Crippen LogP contribution in [0.3, 0.4) is 0 Å². The third-order valence-corrected chi connectivity index (χ3v) is 7.22. The third kappa shape index (κ3) is 3.25. The summed E-state index contributed by atoms with van der Waals surface area (Å²) >= 11 is 1.69. The van der Waals surface area contributed by atoms with Gasteiger partial charge in [-0.05, 0) is 44.7 Å². The van der Waals surface area contributed by atoms with Crippen LogP contribution in [0.1, 0.15) is 42.0 Å². The highest BCUT2D eigenvalue weighted by Crippen LogP contribution is 2.40. The first-order valence-corrected chi connectivity index (χ1v) is 11.1. The van der Waals surface area contributed by atoms with Crippen molar-refractivity contribution < 1.29 is 4.79 Å². The smallest absolute Gasteiger partial charge is 0.226 e. The van der Waals surface area contributed by atoms with Gasteiger partial charge >= 0.3 is 0 Å². The average molecular weight is 421 g/mol. The lowest BCUT2D eigenvalue weighted by molar-refractivity contribution is -0.136. The second-order valence-electron chi connectivity index (χ2n) is 8.24. The number of amides is 1. The fraction of sp³-hybridized carbons (Fsp3) is 0.409. The van der Waals surface area contributed by atoms with Crippen molar-refractivity contribution in [1.82, 2.24) is 19.9 Å². The zero-order valence-corrected chi connectivity index (χ0v) is 18.2. The van der Waals surface area contributed by atoms with Crippen LogP contribution in [0, 0.1) is 5.92 Å². The number of nitrogens with zero attached hydrogens (tertiary/aromatic N) is 5. The molecule has 2 aliphatic rings. The van der Waals surface area contributed by atoms with E-state index < -0.39 is 0 Å². The first kappa shape index (κ1) is 19.1. The van der Waals surface area contributed by atoms with Crippen molar-refractivity contribution >= 4 is 45.2 Å². The number of carbonyl (C=O) groups excluding carboxylic acids is 1. The van der Waals surface area contributed by atoms with Crippen LogP contribution in [0.2, 0.25) is 0 Å². The van der Waals surface area contributed by atoms with E-state index in [-0.39, 0.29) is 17.9 Å². The summed E-state index contributed by atoms with van der Waals surface area (Å²) in [5, 5.41) is 4.51. The van der Waals surface area contributed by atoms with E-state index >= 15 is 0 Å². The molecule has 7 nitrogen and oxygen atoms in total. The molecule has 1 amide bonds. The second-order valence-corrected chi connectivity index (χ2v) is 9.33. The van der Waals surface area contributed by atoms with Crippen molar-refractivity contribution in [3.63, 3.8) is 0 Å². The minimum Gasteiger partial charge on any atom is -0.343 e. The van der Waals surface area contributed by atoms with Crippen LogP contribution in [-0.4, -0.2) is 45.1 Å². The molecule has 1 atom stereocenters. The lowest BCUT2D eigenvalue weighted by atomic mass is 9.86. The Morgan fingerprint density at radius 2 is 2.17 bits per heavy atom. The highest BCUT2D eigenvalue weighted by atomic mass is 32.1. The monoisotopic (exact) mass is 420 g/mol. The van der Waals surface area contributed by atoms with Gasteiger partial charge in [0.2, 0.25) is 5.91 Å². The molecule has 4 heterocycles. The number of carbonyl (C=O) groups is 1. The van der Waals surface area contributed by atoms with E-state index in [0.717, 1.165) is 52.2 Å². The van der Waals surface area contributed by atoms with E-state index in [1.165, 1.54) is 10.4 Å². The quantitative estimate of drug-likeness (QED) is 0.695. The molecule has 8 heteroatoms. The highest BCUT2D eigenvalue weighted by Gasteiger charge is 2.31. The van der Waals surface area contributed by atoms with Crippen molar-refractivity contribution in [2.45, 2.75) is 45.7 Å². The molecule has 1 aliphatic heterocycles. The molecule has 5 rings (SSSR count). The summed E-state index contributed by atoms with van der Waals surface area (Å²) in [4.78, 5) is 34.7. The Hall–Kier alpha value is -2.87. The molecule has 3 aromatic heterocycles. The Morgan fingerprint density at radius 3 is 3.00 bits per heavy atom. The Labute approximate surface area is 179 Å². The first-order valence-electron chi connectivity index (χ1n) is 10.3. The molecule has 0 radical (unpaired) electrons. The molecule has 0 spiro atoms. The van der Waals surface area contributed by atoms with Gasteiger partial charge in [-0.1, -0.05) is 0 Å². The maximum Gasteiger partial charge on any atom is 0.226 e. The predicted molar refractivity (Wildman–Crippen MR) is 120 cm³/mol. The van der Waals surface area contributed by atoms with E-state index in [2.05, 4.69) is 45.2 Å². The summed E-state index contributed by atoms with van der Waals surface area (Å²) in [5.74, 6) is 1.09. The summed E-state index contributed by atoms with van der Waals surface area (Å²) in [6.07, 6.45) is 7.80. The molecule has 0 bridgehead atoms. The topological polar surface area (TPSA) is 83.4 Å². The van der Waals surface area contributed by atoms with Crippen LogP contribution in [-0.2, 0) is 24.2 Å². The number of thiophene rings is 1. The summed E-state index contributed by atoms with van der Waals surface area (Å²) in [7, 11) is 1.90. The van der Waals surface area contributed by atoms with Gasteiger partial charge < -0.3 is 10.2 Å². The van der Waals surface area contributed by atoms with Crippen LogP contribution in [0.25, 0.3) is 10.2 Å². The number of hydrogen-bond acceptors (Lipinski definition) is 7. The third-order valence-electron chi connectivity index (χ3n) is 6.05. The number of fused-ring (bicyclic) bond motifs is 4. The second kappa shape index (κ2) is 7.43. The molecule has 0 saturated heterocycles. The number of rotatable bonds is 4. The first-order chi connectivity index (χ1) is 14.5. The fourth-order valence-corrected chi connectivity index (χ4v) is 5.41. The number of aromatic nitrogens is 3. The van der Waals surface area contributed by atoms with Crippen LogP contribution in [0.4, 0.5) is 11.5 Å². The lowest BCUT2D eigenvalue weighted by Gasteiger charge is -2.29. The molecule has 154 valence electrons. The van der Waals surface area contributed by atoms with E-state index in [1.54, 1.807) is 17.7 Å². The Bertz CT molecular complexity index is 1170. The normalized spacial score (nSPS) is 17.3. The molecule has 0 unspecified atom stereocenters. The van der Waals surface area contributed by atoms with Gasteiger partial charge in [-0.2, -0.15) is 0 Å². The minimum atomic E-state index is 0.0440. The van der Waals surface area contributed by atoms with Crippen molar-refractivity contribution in [3.05, 3.63) is 40.3 Å². The van der Waals surface area contributed by atoms with Gasteiger partial charge in [0.25, 0.3) is 0 Å². The molecule has 0 saturated carbocycles. The number of aliphatic imine (C=N–C) groups is 1. The van der Waals surface area contributed by atoms with Crippen LogP contribution < -0.4 is 5.32 Å². The number of pyridine rings is 1. The van der Waals surface area contributed by atoms with Crippen molar-refractivity contribution in [1.29, 1.82) is 0 Å². The number of aryl methyl sites for hydroxylation is 1. The molecule has 1 aliphatic carbocycles. The summed E-state index contributed by atoms with van der Waals surface area (Å²) in [6, 6.07) is 2.27. The van der Waals surface area contributed by atoms with Gasteiger partial charge in [0.1, 0.15) is 17.0 Å². The largest absolute Gasteiger partial charge is 0.343 e. The standard InChI is InChI=1S/C22H24N6OS/c1-12(2)28(3)22(29)13-4-5-16-18(7-13)30-21-19(16)20(25-11-26-21)27-15-6-14-8-23-10-17(14)24-9-15/h6,8-9,11-13H,4-5,7,10H2,1-3H3,(H,25,26,27)/t13-/m0/s1. The molecule has 1 N–H and O–H groups in total. The SMILES string of the molecule is CC(C)N(C)C(=O)[C@H]1CCc2c(sc3ncnc(Nc4cnc5c(c4)C=NC5)c23)C1. The Kier molecular flexibility index (Phi) is 4.73. The van der Waals surface area contributed by atoms with Gasteiger partial charge in [0, 0.05) is 35.7 Å². The van der Waals surface area contributed by atoms with Crippen molar-refractivity contribution in [2.75, 3.05) is 12.4 Å². The van der Waals surface area contributed by atoms with Crippen LogP contribution in [0.15, 0.2) is 23.6 Å². The van der Waals surface area contributed by atoms with Gasteiger partial charge in [0.15, 0.2) is 0 Å². The van der Waals surface area contributed by atoms with Crippen LogP contribution >= 0.6 is 11.3 Å². The van der Waals surface area contributed by atoms with E-state index in [0.29, 0.717) is 6.54 Å². The van der Waals surface area contributed by atoms with Gasteiger partial charge in [0.05, 0.1) is 29.5 Å². The van der Waals surface area contributed by atoms with E-state index in [1.807, 2.05) is 24.4 Å². The van der Waals surface area contributed by atoms with Crippen molar-refractivity contribution in [3.8, 4) is 0 Å². The number of anilines is 2. The molecule has 0 fully saturated rings. The Balaban J connectivity index is 1.46. The zero-order valence-electron chi connectivity index (χ0n) is 17.3. The Morgan fingerprint density at radius 1 is 1.30 bits per heavy atom. The maximum absolute atomic E-state index is 12.8. The molecule has 30 heavy (non-hydrogen) atoms.